The molecule has 1 unspecified atom stereocenters. The number of carbonyl (C=O) groups excluding carboxylic acids is 1. The van der Waals surface area contributed by atoms with E-state index in [1.807, 2.05) is 0 Å². The molecule has 1 saturated carbocycles. The van der Waals surface area contributed by atoms with Crippen LogP contribution in [0.15, 0.2) is 33.8 Å². The van der Waals surface area contributed by atoms with E-state index < -0.39 is 28.0 Å². The van der Waals surface area contributed by atoms with Gasteiger partial charge in [-0.25, -0.2) is 13.4 Å². The van der Waals surface area contributed by atoms with E-state index in [-0.39, 0.29) is 22.1 Å². The summed E-state index contributed by atoms with van der Waals surface area (Å²) < 4.78 is 73.5. The molecule has 2 aromatic rings. The molecule has 1 amide bonds. The maximum Gasteiger partial charge on any atom is 0.425 e. The molecule has 2 fully saturated rings. The fourth-order valence-electron chi connectivity index (χ4n) is 3.63. The van der Waals surface area contributed by atoms with Gasteiger partial charge < -0.3 is 14.1 Å². The molecule has 11 heteroatoms. The van der Waals surface area contributed by atoms with Gasteiger partial charge in [0.25, 0.3) is 5.91 Å². The lowest BCUT2D eigenvalue weighted by molar-refractivity contribution is -0.189. The van der Waals surface area contributed by atoms with Crippen molar-refractivity contribution in [2.75, 3.05) is 19.3 Å². The third-order valence-corrected chi connectivity index (χ3v) is 6.84. The molecule has 2 atom stereocenters. The summed E-state index contributed by atoms with van der Waals surface area (Å²) in [6.07, 6.45) is -1.54. The largest absolute Gasteiger partial charge is 0.480 e. The molecular formula is C21H23F3N2O5S. The molecule has 0 radical (unpaired) electrons. The number of hydrogen-bond acceptors (Lipinski definition) is 6. The van der Waals surface area contributed by atoms with Gasteiger partial charge in [-0.3, -0.25) is 4.79 Å². The van der Waals surface area contributed by atoms with Crippen LogP contribution >= 0.6 is 0 Å². The highest BCUT2D eigenvalue weighted by atomic mass is 32.2. The Morgan fingerprint density at radius 2 is 1.97 bits per heavy atom. The Balaban J connectivity index is 1.58. The van der Waals surface area contributed by atoms with Crippen molar-refractivity contribution in [2.45, 2.75) is 55.2 Å². The van der Waals surface area contributed by atoms with E-state index in [1.54, 1.807) is 6.26 Å². The Morgan fingerprint density at radius 1 is 1.25 bits per heavy atom. The number of likely N-dealkylation sites (tertiary alicyclic amines) is 1. The molecule has 4 rings (SSSR count). The fraction of sp³-hybridized carbons (Fsp3) is 0.524. The third-order valence-electron chi connectivity index (χ3n) is 5.73. The van der Waals surface area contributed by atoms with Gasteiger partial charge in [0.2, 0.25) is 0 Å². The third kappa shape index (κ3) is 4.77. The van der Waals surface area contributed by atoms with E-state index in [2.05, 4.69) is 4.98 Å². The van der Waals surface area contributed by atoms with Crippen molar-refractivity contribution in [3.63, 3.8) is 0 Å². The molecule has 32 heavy (non-hydrogen) atoms. The van der Waals surface area contributed by atoms with Crippen LogP contribution in [0.3, 0.4) is 0 Å². The fourth-order valence-corrected chi connectivity index (χ4v) is 4.28. The van der Waals surface area contributed by atoms with Gasteiger partial charge in [-0.2, -0.15) is 13.2 Å². The van der Waals surface area contributed by atoms with Crippen LogP contribution in [-0.2, 0) is 9.84 Å². The summed E-state index contributed by atoms with van der Waals surface area (Å²) >= 11 is 0. The van der Waals surface area contributed by atoms with E-state index >= 15 is 0 Å². The molecule has 1 saturated heterocycles. The minimum absolute atomic E-state index is 0.0632. The number of alkyl halides is 3. The van der Waals surface area contributed by atoms with Crippen LogP contribution in [0.5, 0.6) is 5.75 Å². The van der Waals surface area contributed by atoms with E-state index in [0.29, 0.717) is 31.3 Å². The highest BCUT2D eigenvalue weighted by Gasteiger charge is 2.39. The molecule has 2 heterocycles. The van der Waals surface area contributed by atoms with Gasteiger partial charge in [0.1, 0.15) is 12.0 Å². The summed E-state index contributed by atoms with van der Waals surface area (Å²) in [7, 11) is -3.68. The van der Waals surface area contributed by atoms with Crippen molar-refractivity contribution in [1.29, 1.82) is 0 Å². The van der Waals surface area contributed by atoms with Gasteiger partial charge in [-0.05, 0) is 44.4 Å². The second-order valence-electron chi connectivity index (χ2n) is 8.35. The molecule has 1 aromatic carbocycles. The Bertz CT molecular complexity index is 1120. The van der Waals surface area contributed by atoms with Crippen molar-refractivity contribution in [3.8, 4) is 5.75 Å². The predicted octanol–water partition coefficient (Wildman–Crippen LogP) is 3.91. The average molecular weight is 472 g/mol. The SMILES string of the molecule is C[C@@H](Oc1ccc(S(C)(=O)=O)cc1C(=O)N1CCC(c2coc(C3CC3)n2)C1)C(F)(F)F. The van der Waals surface area contributed by atoms with Gasteiger partial charge in [-0.15, -0.1) is 0 Å². The summed E-state index contributed by atoms with van der Waals surface area (Å²) in [5.74, 6) is 0.0904. The standard InChI is InChI=1S/C21H23F3N2O5S/c1-12(21(22,23)24)31-18-6-5-15(32(2,28)29)9-16(18)20(27)26-8-7-14(10-26)17-11-30-19(25-17)13-3-4-13/h5-6,9,11-14H,3-4,7-8,10H2,1-2H3/t12-,14?/m1/s1. The summed E-state index contributed by atoms with van der Waals surface area (Å²) in [5.41, 5.74) is 0.526. The second-order valence-corrected chi connectivity index (χ2v) is 10.4. The maximum atomic E-state index is 13.2. The first-order valence-corrected chi connectivity index (χ1v) is 12.1. The molecule has 1 aromatic heterocycles. The van der Waals surface area contributed by atoms with E-state index in [4.69, 9.17) is 9.15 Å². The zero-order chi connectivity index (χ0) is 23.3. The van der Waals surface area contributed by atoms with E-state index in [9.17, 15) is 26.4 Å². The first kappa shape index (κ1) is 22.6. The zero-order valence-electron chi connectivity index (χ0n) is 17.6. The summed E-state index contributed by atoms with van der Waals surface area (Å²) in [5, 5.41) is 0. The highest BCUT2D eigenvalue weighted by molar-refractivity contribution is 7.90. The number of benzene rings is 1. The van der Waals surface area contributed by atoms with Crippen LogP contribution in [0.4, 0.5) is 13.2 Å². The van der Waals surface area contributed by atoms with Crippen LogP contribution in [0.25, 0.3) is 0 Å². The molecule has 0 spiro atoms. The van der Waals surface area contributed by atoms with Crippen LogP contribution in [0.1, 0.15) is 60.0 Å². The number of oxazole rings is 1. The first-order chi connectivity index (χ1) is 14.9. The quantitative estimate of drug-likeness (QED) is 0.633. The van der Waals surface area contributed by atoms with Gasteiger partial charge in [0.05, 0.1) is 16.2 Å². The van der Waals surface area contributed by atoms with E-state index in [0.717, 1.165) is 49.9 Å². The van der Waals surface area contributed by atoms with Crippen molar-refractivity contribution >= 4 is 15.7 Å². The van der Waals surface area contributed by atoms with Crippen molar-refractivity contribution in [2.24, 2.45) is 0 Å². The Labute approximate surface area is 183 Å². The smallest absolute Gasteiger partial charge is 0.425 e. The number of nitrogens with zero attached hydrogens (tertiary/aromatic N) is 2. The topological polar surface area (TPSA) is 89.7 Å². The molecule has 2 aliphatic rings. The number of hydrogen-bond donors (Lipinski definition) is 0. The van der Waals surface area contributed by atoms with Crippen molar-refractivity contribution in [3.05, 3.63) is 41.6 Å². The Morgan fingerprint density at radius 3 is 2.59 bits per heavy atom. The summed E-state index contributed by atoms with van der Waals surface area (Å²) in [4.78, 5) is 19.0. The van der Waals surface area contributed by atoms with Crippen molar-refractivity contribution < 1.29 is 35.5 Å². The molecule has 0 bridgehead atoms. The normalized spacial score (nSPS) is 20.4. The molecule has 0 N–H and O–H groups in total. The number of aromatic nitrogens is 1. The molecule has 1 aliphatic carbocycles. The summed E-state index contributed by atoms with van der Waals surface area (Å²) in [6, 6.07) is 3.30. The monoisotopic (exact) mass is 472 g/mol. The molecule has 174 valence electrons. The average Bonchev–Trinajstić information content (AvgIpc) is 3.24. The zero-order valence-corrected chi connectivity index (χ0v) is 18.4. The lowest BCUT2D eigenvalue weighted by Gasteiger charge is -2.22. The number of carbonyl (C=O) groups is 1. The maximum absolute atomic E-state index is 13.2. The van der Waals surface area contributed by atoms with Crippen molar-refractivity contribution in [1.82, 2.24) is 9.88 Å². The predicted molar refractivity (Wildman–Crippen MR) is 107 cm³/mol. The Hall–Kier alpha value is -2.56. The number of amides is 1. The lowest BCUT2D eigenvalue weighted by atomic mass is 10.1. The molecular weight excluding hydrogens is 449 g/mol. The Kier molecular flexibility index (Phi) is 5.72. The number of rotatable bonds is 6. The van der Waals surface area contributed by atoms with Crippen LogP contribution in [-0.4, -0.2) is 55.8 Å². The van der Waals surface area contributed by atoms with Gasteiger partial charge in [0, 0.05) is 31.2 Å². The lowest BCUT2D eigenvalue weighted by Crippen LogP contribution is -2.33. The molecule has 1 aliphatic heterocycles. The van der Waals surface area contributed by atoms with E-state index in [1.165, 1.54) is 4.90 Å². The minimum atomic E-state index is -4.64. The van der Waals surface area contributed by atoms with Crippen LogP contribution in [0.2, 0.25) is 0 Å². The van der Waals surface area contributed by atoms with Crippen LogP contribution in [0, 0.1) is 0 Å². The van der Waals surface area contributed by atoms with Gasteiger partial charge >= 0.3 is 6.18 Å². The van der Waals surface area contributed by atoms with Gasteiger partial charge in [0.15, 0.2) is 21.8 Å². The highest BCUT2D eigenvalue weighted by Crippen LogP contribution is 2.40. The second kappa shape index (κ2) is 8.09. The van der Waals surface area contributed by atoms with Gasteiger partial charge in [-0.1, -0.05) is 0 Å². The first-order valence-electron chi connectivity index (χ1n) is 10.3. The number of sulfone groups is 1. The number of ether oxygens (including phenoxy) is 1. The molecule has 7 nitrogen and oxygen atoms in total. The summed E-state index contributed by atoms with van der Waals surface area (Å²) in [6.45, 7) is 1.48. The minimum Gasteiger partial charge on any atom is -0.480 e. The van der Waals surface area contributed by atoms with Crippen LogP contribution < -0.4 is 4.74 Å². The number of halogens is 3.